The number of aromatic nitrogens is 4. The summed E-state index contributed by atoms with van der Waals surface area (Å²) in [7, 11) is 3.26. The Hall–Kier alpha value is -3.81. The predicted molar refractivity (Wildman–Crippen MR) is 114 cm³/mol. The van der Waals surface area contributed by atoms with Gasteiger partial charge in [0.05, 0.1) is 19.6 Å². The van der Waals surface area contributed by atoms with Gasteiger partial charge in [0.1, 0.15) is 17.1 Å². The first-order valence-corrected chi connectivity index (χ1v) is 9.95. The molecule has 0 spiro atoms. The number of halogens is 1. The van der Waals surface area contributed by atoms with E-state index in [0.29, 0.717) is 40.1 Å². The van der Waals surface area contributed by atoms with Crippen LogP contribution in [-0.2, 0) is 13.1 Å². The summed E-state index contributed by atoms with van der Waals surface area (Å²) in [6, 6.07) is 8.43. The molecular weight excluding hydrogens is 397 g/mol. The maximum Gasteiger partial charge on any atom is 0.254 e. The van der Waals surface area contributed by atoms with Gasteiger partial charge in [-0.05, 0) is 42.3 Å². The molecule has 4 aromatic rings. The third-order valence-corrected chi connectivity index (χ3v) is 5.72. The van der Waals surface area contributed by atoms with E-state index in [0.717, 1.165) is 23.2 Å². The second-order valence-electron chi connectivity index (χ2n) is 7.53. The van der Waals surface area contributed by atoms with Crippen LogP contribution in [0.25, 0.3) is 33.4 Å². The molecule has 0 saturated carbocycles. The van der Waals surface area contributed by atoms with Crippen LogP contribution >= 0.6 is 0 Å². The maximum absolute atomic E-state index is 15.0. The normalized spacial score (nSPS) is 13.2. The zero-order valence-electron chi connectivity index (χ0n) is 17.4. The molecule has 0 saturated heterocycles. The molecule has 8 heteroatoms. The van der Waals surface area contributed by atoms with Crippen molar-refractivity contribution in [3.05, 3.63) is 59.8 Å². The highest BCUT2D eigenvalue weighted by atomic mass is 19.1. The summed E-state index contributed by atoms with van der Waals surface area (Å²) in [5.41, 5.74) is 5.36. The molecule has 2 aromatic carbocycles. The number of rotatable bonds is 4. The molecule has 31 heavy (non-hydrogen) atoms. The Morgan fingerprint density at radius 1 is 1.13 bits per heavy atom. The molecule has 0 unspecified atom stereocenters. The van der Waals surface area contributed by atoms with Gasteiger partial charge in [-0.15, -0.1) is 5.10 Å². The molecule has 0 bridgehead atoms. The molecule has 0 atom stereocenters. The van der Waals surface area contributed by atoms with Gasteiger partial charge >= 0.3 is 0 Å². The van der Waals surface area contributed by atoms with Gasteiger partial charge in [-0.2, -0.15) is 5.10 Å². The van der Waals surface area contributed by atoms with Crippen molar-refractivity contribution in [1.29, 1.82) is 0 Å². The lowest BCUT2D eigenvalue weighted by Gasteiger charge is -2.13. The van der Waals surface area contributed by atoms with Crippen molar-refractivity contribution in [2.45, 2.75) is 20.0 Å². The molecule has 1 aliphatic heterocycles. The van der Waals surface area contributed by atoms with E-state index >= 15 is 0 Å². The van der Waals surface area contributed by atoms with E-state index in [1.807, 2.05) is 17.6 Å². The van der Waals surface area contributed by atoms with Gasteiger partial charge < -0.3 is 14.2 Å². The highest BCUT2D eigenvalue weighted by Crippen LogP contribution is 2.39. The smallest absolute Gasteiger partial charge is 0.254 e. The Bertz CT molecular complexity index is 1350. The quantitative estimate of drug-likeness (QED) is 0.503. The standard InChI is InChI=1S/C23H20FN5O2/c1-4-29-12-25-21-18(10-26-27-22(21)29)13-5-6-19(24)16(7-13)17-8-14-11-28(2)23(30)15(14)9-20(17)31-3/h5-10,12H,4,11H2,1-3H3. The Labute approximate surface area is 178 Å². The monoisotopic (exact) mass is 417 g/mol. The largest absolute Gasteiger partial charge is 0.496 e. The summed E-state index contributed by atoms with van der Waals surface area (Å²) in [5, 5.41) is 8.32. The molecule has 0 aliphatic carbocycles. The van der Waals surface area contributed by atoms with Gasteiger partial charge in [0.15, 0.2) is 5.65 Å². The Morgan fingerprint density at radius 3 is 2.74 bits per heavy atom. The van der Waals surface area contributed by atoms with Crippen LogP contribution in [-0.4, -0.2) is 44.7 Å². The molecule has 2 aromatic heterocycles. The van der Waals surface area contributed by atoms with Crippen molar-refractivity contribution in [3.63, 3.8) is 0 Å². The second-order valence-corrected chi connectivity index (χ2v) is 7.53. The number of ether oxygens (including phenoxy) is 1. The first-order valence-electron chi connectivity index (χ1n) is 9.95. The van der Waals surface area contributed by atoms with Crippen LogP contribution in [0.2, 0.25) is 0 Å². The minimum atomic E-state index is -0.378. The summed E-state index contributed by atoms with van der Waals surface area (Å²) < 4.78 is 22.4. The lowest BCUT2D eigenvalue weighted by Crippen LogP contribution is -2.17. The Morgan fingerprint density at radius 2 is 1.97 bits per heavy atom. The first-order chi connectivity index (χ1) is 15.0. The van der Waals surface area contributed by atoms with Crippen molar-refractivity contribution >= 4 is 17.1 Å². The lowest BCUT2D eigenvalue weighted by atomic mass is 9.95. The van der Waals surface area contributed by atoms with Gasteiger partial charge in [-0.1, -0.05) is 6.07 Å². The molecule has 3 heterocycles. The van der Waals surface area contributed by atoms with Crippen LogP contribution in [0, 0.1) is 5.82 Å². The zero-order valence-corrected chi connectivity index (χ0v) is 17.4. The van der Waals surface area contributed by atoms with Crippen molar-refractivity contribution in [2.75, 3.05) is 14.2 Å². The van der Waals surface area contributed by atoms with Crippen molar-refractivity contribution < 1.29 is 13.9 Å². The van der Waals surface area contributed by atoms with E-state index in [1.165, 1.54) is 13.2 Å². The van der Waals surface area contributed by atoms with Crippen LogP contribution in [0.3, 0.4) is 0 Å². The fourth-order valence-electron chi connectivity index (χ4n) is 4.08. The number of aryl methyl sites for hydroxylation is 1. The summed E-state index contributed by atoms with van der Waals surface area (Å²) in [4.78, 5) is 18.5. The summed E-state index contributed by atoms with van der Waals surface area (Å²) in [5.74, 6) is 0.00886. The van der Waals surface area contributed by atoms with Crippen LogP contribution in [0.1, 0.15) is 22.8 Å². The number of fused-ring (bicyclic) bond motifs is 2. The van der Waals surface area contributed by atoms with E-state index < -0.39 is 0 Å². The predicted octanol–water partition coefficient (Wildman–Crippen LogP) is 3.91. The van der Waals surface area contributed by atoms with Gasteiger partial charge in [0, 0.05) is 42.4 Å². The van der Waals surface area contributed by atoms with Gasteiger partial charge in [0.25, 0.3) is 5.91 Å². The SMILES string of the molecule is CCn1cnc2c(-c3ccc(F)c(-c4cc5c(cc4OC)C(=O)N(C)C5)c3)cnnc21. The number of hydrogen-bond donors (Lipinski definition) is 0. The molecular formula is C23H20FN5O2. The van der Waals surface area contributed by atoms with Crippen molar-refractivity contribution in [2.24, 2.45) is 0 Å². The molecule has 0 radical (unpaired) electrons. The minimum Gasteiger partial charge on any atom is -0.496 e. The number of imidazole rings is 1. The fraction of sp³-hybridized carbons (Fsp3) is 0.217. The van der Waals surface area contributed by atoms with E-state index in [1.54, 1.807) is 42.7 Å². The first kappa shape index (κ1) is 19.2. The van der Waals surface area contributed by atoms with Crippen LogP contribution in [0.5, 0.6) is 5.75 Å². The number of amides is 1. The third-order valence-electron chi connectivity index (χ3n) is 5.72. The highest BCUT2D eigenvalue weighted by Gasteiger charge is 2.27. The molecule has 156 valence electrons. The summed E-state index contributed by atoms with van der Waals surface area (Å²) in [6.45, 7) is 3.21. The van der Waals surface area contributed by atoms with Crippen LogP contribution < -0.4 is 4.74 Å². The van der Waals surface area contributed by atoms with E-state index in [-0.39, 0.29) is 11.7 Å². The average molecular weight is 417 g/mol. The number of carbonyl (C=O) groups excluding carboxylic acids is 1. The van der Waals surface area contributed by atoms with Gasteiger partial charge in [-0.25, -0.2) is 9.37 Å². The van der Waals surface area contributed by atoms with E-state index in [4.69, 9.17) is 4.74 Å². The second kappa shape index (κ2) is 7.16. The van der Waals surface area contributed by atoms with Gasteiger partial charge in [0.2, 0.25) is 0 Å². The lowest BCUT2D eigenvalue weighted by molar-refractivity contribution is 0.0816. The summed E-state index contributed by atoms with van der Waals surface area (Å²) in [6.07, 6.45) is 3.37. The van der Waals surface area contributed by atoms with Crippen LogP contribution in [0.4, 0.5) is 4.39 Å². The molecule has 5 rings (SSSR count). The summed E-state index contributed by atoms with van der Waals surface area (Å²) >= 11 is 0. The number of nitrogens with zero attached hydrogens (tertiary/aromatic N) is 5. The fourth-order valence-corrected chi connectivity index (χ4v) is 4.08. The minimum absolute atomic E-state index is 0.0640. The van der Waals surface area contributed by atoms with E-state index in [9.17, 15) is 9.18 Å². The molecule has 7 nitrogen and oxygen atoms in total. The number of carbonyl (C=O) groups is 1. The number of hydrogen-bond acceptors (Lipinski definition) is 5. The Kier molecular flexibility index (Phi) is 4.43. The van der Waals surface area contributed by atoms with Crippen molar-refractivity contribution in [3.8, 4) is 28.0 Å². The average Bonchev–Trinajstić information content (AvgIpc) is 3.33. The van der Waals surface area contributed by atoms with Gasteiger partial charge in [-0.3, -0.25) is 4.79 Å². The topological polar surface area (TPSA) is 73.1 Å². The Balaban J connectivity index is 1.69. The number of methoxy groups -OCH3 is 1. The maximum atomic E-state index is 15.0. The molecule has 1 amide bonds. The molecule has 0 N–H and O–H groups in total. The van der Waals surface area contributed by atoms with Crippen LogP contribution in [0.15, 0.2) is 42.9 Å². The highest BCUT2D eigenvalue weighted by molar-refractivity contribution is 6.00. The third kappa shape index (κ3) is 2.94. The number of benzene rings is 2. The molecule has 1 aliphatic rings. The molecule has 0 fully saturated rings. The zero-order chi connectivity index (χ0) is 21.7. The van der Waals surface area contributed by atoms with Crippen molar-refractivity contribution in [1.82, 2.24) is 24.6 Å². The van der Waals surface area contributed by atoms with E-state index in [2.05, 4.69) is 15.2 Å².